The molecule has 0 saturated carbocycles. The lowest BCUT2D eigenvalue weighted by Gasteiger charge is -2.09. The minimum absolute atomic E-state index is 0.104. The molecule has 0 aliphatic heterocycles. The molecule has 1 heterocycles. The van der Waals surface area contributed by atoms with Crippen LogP contribution in [0, 0.1) is 0 Å². The number of benzene rings is 2. The summed E-state index contributed by atoms with van der Waals surface area (Å²) in [6.07, 6.45) is 0.838. The zero-order valence-electron chi connectivity index (χ0n) is 15.9. The van der Waals surface area contributed by atoms with Crippen molar-refractivity contribution in [3.05, 3.63) is 53.0 Å². The summed E-state index contributed by atoms with van der Waals surface area (Å²) in [6, 6.07) is 15.6. The third-order valence-corrected chi connectivity index (χ3v) is 5.64. The summed E-state index contributed by atoms with van der Waals surface area (Å²) in [6.45, 7) is 0.434. The Morgan fingerprint density at radius 3 is 2.62 bits per heavy atom. The number of carbonyl (C=O) groups excluding carboxylic acids is 2. The quantitative estimate of drug-likeness (QED) is 0.228. The van der Waals surface area contributed by atoms with Crippen molar-refractivity contribution in [2.45, 2.75) is 17.9 Å². The molecule has 2 aromatic carbocycles. The third-order valence-electron chi connectivity index (χ3n) is 4.12. The lowest BCUT2D eigenvalue weighted by Crippen LogP contribution is -2.26. The van der Waals surface area contributed by atoms with Gasteiger partial charge in [0.2, 0.25) is 5.91 Å². The maximum absolute atomic E-state index is 12.2. The normalized spacial score (nSPS) is 10.7. The molecule has 0 atom stereocenters. The van der Waals surface area contributed by atoms with Crippen LogP contribution in [-0.4, -0.2) is 41.3 Å². The Bertz CT molecular complexity index is 1010. The lowest BCUT2D eigenvalue weighted by molar-refractivity contribution is -0.140. The Morgan fingerprint density at radius 2 is 1.86 bits per heavy atom. The van der Waals surface area contributed by atoms with Gasteiger partial charge in [-0.1, -0.05) is 58.0 Å². The molecule has 0 unspecified atom stereocenters. The van der Waals surface area contributed by atoms with E-state index in [1.807, 2.05) is 48.5 Å². The smallest absolute Gasteiger partial charge is 0.305 e. The van der Waals surface area contributed by atoms with Gasteiger partial charge in [0.1, 0.15) is 5.03 Å². The number of aromatic nitrogens is 2. The molecule has 1 N–H and O–H groups in total. The Morgan fingerprint density at radius 1 is 1.10 bits per heavy atom. The van der Waals surface area contributed by atoms with Gasteiger partial charge in [0.15, 0.2) is 5.82 Å². The predicted octanol–water partition coefficient (Wildman–Crippen LogP) is 4.22. The van der Waals surface area contributed by atoms with Crippen LogP contribution in [0.4, 0.5) is 0 Å². The van der Waals surface area contributed by atoms with Gasteiger partial charge in [-0.25, -0.2) is 9.97 Å². The van der Waals surface area contributed by atoms with Gasteiger partial charge in [-0.15, -0.1) is 0 Å². The predicted molar refractivity (Wildman–Crippen MR) is 118 cm³/mol. The molecule has 0 radical (unpaired) electrons. The number of rotatable bonds is 8. The molecule has 29 heavy (non-hydrogen) atoms. The number of thioether (sulfide) groups is 1. The Hall–Kier alpha value is -2.45. The fraction of sp³-hybridized carbons (Fsp3) is 0.238. The highest BCUT2D eigenvalue weighted by molar-refractivity contribution is 9.10. The van der Waals surface area contributed by atoms with Crippen LogP contribution in [0.3, 0.4) is 0 Å². The zero-order valence-corrected chi connectivity index (χ0v) is 18.3. The summed E-state index contributed by atoms with van der Waals surface area (Å²) < 4.78 is 5.57. The van der Waals surface area contributed by atoms with Crippen LogP contribution in [0.2, 0.25) is 0 Å². The molecular formula is C21H20BrN3O3S. The van der Waals surface area contributed by atoms with E-state index in [1.165, 1.54) is 18.9 Å². The second-order valence-electron chi connectivity index (χ2n) is 6.19. The number of carbonyl (C=O) groups is 2. The molecule has 0 aliphatic rings. The molecule has 1 aromatic heterocycles. The zero-order chi connectivity index (χ0) is 20.6. The van der Waals surface area contributed by atoms with Gasteiger partial charge < -0.3 is 10.1 Å². The number of nitrogens with zero attached hydrogens (tertiary/aromatic N) is 2. The van der Waals surface area contributed by atoms with E-state index >= 15 is 0 Å². The fourth-order valence-corrected chi connectivity index (χ4v) is 3.75. The molecular weight excluding hydrogens is 454 g/mol. The summed E-state index contributed by atoms with van der Waals surface area (Å²) >= 11 is 4.81. The second-order valence-corrected chi connectivity index (χ2v) is 8.07. The molecule has 1 amide bonds. The molecule has 0 bridgehead atoms. The Labute approximate surface area is 181 Å². The molecule has 6 nitrogen and oxygen atoms in total. The number of esters is 1. The number of amides is 1. The fourth-order valence-electron chi connectivity index (χ4n) is 2.63. The van der Waals surface area contributed by atoms with Crippen molar-refractivity contribution < 1.29 is 14.3 Å². The number of methoxy groups -OCH3 is 1. The average Bonchev–Trinajstić information content (AvgIpc) is 2.75. The van der Waals surface area contributed by atoms with Gasteiger partial charge in [-0.3, -0.25) is 9.59 Å². The maximum atomic E-state index is 12.2. The summed E-state index contributed by atoms with van der Waals surface area (Å²) in [5, 5.41) is 4.49. The number of fused-ring (bicyclic) bond motifs is 1. The maximum Gasteiger partial charge on any atom is 0.305 e. The third kappa shape index (κ3) is 6.01. The van der Waals surface area contributed by atoms with E-state index in [-0.39, 0.29) is 24.1 Å². The first-order valence-electron chi connectivity index (χ1n) is 9.06. The van der Waals surface area contributed by atoms with E-state index in [4.69, 9.17) is 4.98 Å². The van der Waals surface area contributed by atoms with E-state index in [2.05, 4.69) is 31.0 Å². The largest absolute Gasteiger partial charge is 0.469 e. The van der Waals surface area contributed by atoms with Gasteiger partial charge in [-0.2, -0.15) is 0 Å². The first-order chi connectivity index (χ1) is 14.1. The van der Waals surface area contributed by atoms with Crippen molar-refractivity contribution in [2.24, 2.45) is 0 Å². The van der Waals surface area contributed by atoms with Crippen molar-refractivity contribution in [1.29, 1.82) is 0 Å². The number of halogens is 1. The molecule has 3 aromatic rings. The van der Waals surface area contributed by atoms with Crippen molar-refractivity contribution in [3.63, 3.8) is 0 Å². The van der Waals surface area contributed by atoms with E-state index in [0.29, 0.717) is 18.8 Å². The molecule has 3 rings (SSSR count). The van der Waals surface area contributed by atoms with Crippen molar-refractivity contribution >= 4 is 50.5 Å². The van der Waals surface area contributed by atoms with Gasteiger partial charge in [0, 0.05) is 28.4 Å². The second kappa shape index (κ2) is 10.4. The first-order valence-corrected chi connectivity index (χ1v) is 10.8. The summed E-state index contributed by atoms with van der Waals surface area (Å²) in [4.78, 5) is 32.6. The minimum atomic E-state index is -0.276. The van der Waals surface area contributed by atoms with Crippen molar-refractivity contribution in [2.75, 3.05) is 19.4 Å². The first kappa shape index (κ1) is 21.3. The van der Waals surface area contributed by atoms with E-state index in [0.717, 1.165) is 26.0 Å². The summed E-state index contributed by atoms with van der Waals surface area (Å²) in [5.74, 6) is 0.477. The number of nitrogens with one attached hydrogen (secondary N) is 1. The highest BCUT2D eigenvalue weighted by atomic mass is 79.9. The highest BCUT2D eigenvalue weighted by Gasteiger charge is 2.12. The highest BCUT2D eigenvalue weighted by Crippen LogP contribution is 2.28. The number of ether oxygens (including phenoxy) is 1. The van der Waals surface area contributed by atoms with Gasteiger partial charge >= 0.3 is 5.97 Å². The SMILES string of the molecule is COC(=O)CCCNC(=O)CSc1nc(-c2ccc(Br)cc2)nc2ccccc12. The number of hydrogen-bond donors (Lipinski definition) is 1. The van der Waals surface area contributed by atoms with Crippen LogP contribution in [0.15, 0.2) is 58.0 Å². The molecule has 0 fully saturated rings. The molecule has 0 spiro atoms. The van der Waals surface area contributed by atoms with Crippen molar-refractivity contribution in [1.82, 2.24) is 15.3 Å². The molecule has 0 aliphatic carbocycles. The van der Waals surface area contributed by atoms with Crippen LogP contribution in [0.5, 0.6) is 0 Å². The lowest BCUT2D eigenvalue weighted by atomic mass is 10.2. The van der Waals surface area contributed by atoms with Gasteiger partial charge in [0.05, 0.1) is 18.4 Å². The van der Waals surface area contributed by atoms with Gasteiger partial charge in [0.25, 0.3) is 0 Å². The molecule has 0 saturated heterocycles. The monoisotopic (exact) mass is 473 g/mol. The van der Waals surface area contributed by atoms with E-state index in [9.17, 15) is 9.59 Å². The van der Waals surface area contributed by atoms with Crippen molar-refractivity contribution in [3.8, 4) is 11.4 Å². The van der Waals surface area contributed by atoms with Crippen LogP contribution >= 0.6 is 27.7 Å². The van der Waals surface area contributed by atoms with Crippen LogP contribution in [0.1, 0.15) is 12.8 Å². The van der Waals surface area contributed by atoms with Gasteiger partial charge in [-0.05, 0) is 24.6 Å². The molecule has 150 valence electrons. The number of hydrogen-bond acceptors (Lipinski definition) is 6. The van der Waals surface area contributed by atoms with E-state index < -0.39 is 0 Å². The Balaban J connectivity index is 1.70. The average molecular weight is 474 g/mol. The van der Waals surface area contributed by atoms with E-state index in [1.54, 1.807) is 0 Å². The Kier molecular flexibility index (Phi) is 7.60. The van der Waals surface area contributed by atoms with Crippen LogP contribution in [0.25, 0.3) is 22.3 Å². The van der Waals surface area contributed by atoms with Crippen LogP contribution < -0.4 is 5.32 Å². The van der Waals surface area contributed by atoms with Crippen LogP contribution in [-0.2, 0) is 14.3 Å². The number of para-hydroxylation sites is 1. The standard InChI is InChI=1S/C21H20BrN3O3S/c1-28-19(27)7-4-12-23-18(26)13-29-21-16-5-2-3-6-17(16)24-20(25-21)14-8-10-15(22)11-9-14/h2-3,5-6,8-11H,4,7,12-13H2,1H3,(H,23,26). The topological polar surface area (TPSA) is 81.2 Å². The molecule has 8 heteroatoms. The minimum Gasteiger partial charge on any atom is -0.469 e. The summed E-state index contributed by atoms with van der Waals surface area (Å²) in [7, 11) is 1.35. The summed E-state index contributed by atoms with van der Waals surface area (Å²) in [5.41, 5.74) is 1.74.